The molecule has 0 atom stereocenters. The van der Waals surface area contributed by atoms with Crippen LogP contribution in [0.25, 0.3) is 0 Å². The Kier molecular flexibility index (Phi) is 8.64. The molecule has 0 saturated heterocycles. The van der Waals surface area contributed by atoms with Gasteiger partial charge in [0, 0.05) is 35.3 Å². The lowest BCUT2D eigenvalue weighted by molar-refractivity contribution is -0.117. The summed E-state index contributed by atoms with van der Waals surface area (Å²) in [4.78, 5) is 9.69. The van der Waals surface area contributed by atoms with Gasteiger partial charge in [-0.3, -0.25) is 9.80 Å². The Morgan fingerprint density at radius 2 is 1.80 bits per heavy atom. The zero-order valence-electron chi connectivity index (χ0n) is 13.7. The molecule has 2 aromatic carbocycles. The van der Waals surface area contributed by atoms with Gasteiger partial charge < -0.3 is 5.01 Å². The van der Waals surface area contributed by atoms with E-state index in [9.17, 15) is 13.6 Å². The lowest BCUT2D eigenvalue weighted by Crippen LogP contribution is -2.26. The molecule has 0 unspecified atom stereocenters. The van der Waals surface area contributed by atoms with Gasteiger partial charge in [-0.1, -0.05) is 17.7 Å². The molecular weight excluding hydrogens is 370 g/mol. The maximum absolute atomic E-state index is 13.9. The predicted molar refractivity (Wildman–Crippen MR) is 98.0 cm³/mol. The molecule has 0 saturated carbocycles. The summed E-state index contributed by atoms with van der Waals surface area (Å²) >= 11 is 7.01. The second-order valence-corrected chi connectivity index (χ2v) is 6.44. The summed E-state index contributed by atoms with van der Waals surface area (Å²) in [5.41, 5.74) is 1.00. The Morgan fingerprint density at radius 1 is 1.16 bits per heavy atom. The van der Waals surface area contributed by atoms with Crippen LogP contribution in [0, 0.1) is 11.6 Å². The molecule has 0 aliphatic carbocycles. The van der Waals surface area contributed by atoms with Gasteiger partial charge in [0.05, 0.1) is 5.69 Å². The van der Waals surface area contributed by atoms with Crippen molar-refractivity contribution < 1.29 is 13.6 Å². The number of hydrazine groups is 2. The lowest BCUT2D eigenvalue weighted by Gasteiger charge is -2.17. The average Bonchev–Trinajstić information content (AvgIpc) is 2.56. The highest BCUT2D eigenvalue weighted by atomic mass is 35.5. The summed E-state index contributed by atoms with van der Waals surface area (Å²) in [6, 6.07) is 8.95. The summed E-state index contributed by atoms with van der Waals surface area (Å²) in [5, 5.41) is 2.73. The van der Waals surface area contributed by atoms with E-state index in [1.807, 2.05) is 0 Å². The number of carbonyl (C=O) groups excluding carboxylic acids is 1. The topological polar surface area (TPSA) is 75.6 Å². The molecule has 2 rings (SSSR count). The monoisotopic (exact) mass is 388 g/mol. The number of halogens is 3. The third-order valence-electron chi connectivity index (χ3n) is 2.91. The van der Waals surface area contributed by atoms with Crippen LogP contribution >= 0.6 is 23.4 Å². The number of thioether (sulfide) groups is 1. The van der Waals surface area contributed by atoms with Crippen LogP contribution < -0.4 is 16.7 Å². The number of carbonyl (C=O) groups is 1. The first-order valence-electron chi connectivity index (χ1n) is 7.02. The Labute approximate surface area is 154 Å². The van der Waals surface area contributed by atoms with Gasteiger partial charge in [-0.25, -0.2) is 20.5 Å². The molecule has 136 valence electrons. The molecule has 0 heterocycles. The molecule has 0 aromatic heterocycles. The fourth-order valence-corrected chi connectivity index (χ4v) is 3.00. The number of benzene rings is 2. The smallest absolute Gasteiger partial charge is 0.223 e. The van der Waals surface area contributed by atoms with Crippen LogP contribution in [0.1, 0.15) is 5.56 Å². The van der Waals surface area contributed by atoms with Gasteiger partial charge in [0.25, 0.3) is 0 Å². The molecule has 5 nitrogen and oxygen atoms in total. The zero-order valence-corrected chi connectivity index (χ0v) is 15.3. The van der Waals surface area contributed by atoms with E-state index in [1.165, 1.54) is 48.1 Å². The average molecular weight is 389 g/mol. The van der Waals surface area contributed by atoms with Crippen molar-refractivity contribution in [3.05, 3.63) is 58.6 Å². The minimum Gasteiger partial charge on any atom is -0.314 e. The minimum absolute atomic E-state index is 0.265. The van der Waals surface area contributed by atoms with Gasteiger partial charge in [0.2, 0.25) is 6.41 Å². The molecule has 0 bridgehead atoms. The molecule has 0 radical (unpaired) electrons. The van der Waals surface area contributed by atoms with E-state index >= 15 is 0 Å². The maximum atomic E-state index is 13.9. The van der Waals surface area contributed by atoms with Crippen molar-refractivity contribution in [2.75, 3.05) is 19.1 Å². The molecule has 4 N–H and O–H groups in total. The van der Waals surface area contributed by atoms with Gasteiger partial charge in [0.1, 0.15) is 11.6 Å². The normalized spacial score (nSPS) is 9.88. The van der Waals surface area contributed by atoms with E-state index in [0.29, 0.717) is 27.6 Å². The maximum Gasteiger partial charge on any atom is 0.223 e. The number of hydrogen-bond acceptors (Lipinski definition) is 5. The number of amides is 1. The zero-order chi connectivity index (χ0) is 19.0. The molecule has 25 heavy (non-hydrogen) atoms. The highest BCUT2D eigenvalue weighted by molar-refractivity contribution is 7.98. The van der Waals surface area contributed by atoms with E-state index in [0.717, 1.165) is 5.01 Å². The van der Waals surface area contributed by atoms with E-state index in [-0.39, 0.29) is 17.4 Å². The largest absolute Gasteiger partial charge is 0.314 e. The summed E-state index contributed by atoms with van der Waals surface area (Å²) in [6.07, 6.45) is 0.528. The van der Waals surface area contributed by atoms with Gasteiger partial charge in [0.15, 0.2) is 0 Å². The first kappa shape index (κ1) is 21.2. The second kappa shape index (κ2) is 10.2. The van der Waals surface area contributed by atoms with Crippen molar-refractivity contribution in [3.63, 3.8) is 0 Å². The van der Waals surface area contributed by atoms with Crippen LogP contribution in [0.3, 0.4) is 0 Å². The molecule has 9 heteroatoms. The molecule has 0 spiro atoms. The van der Waals surface area contributed by atoms with Crippen LogP contribution in [0.2, 0.25) is 5.02 Å². The van der Waals surface area contributed by atoms with E-state index in [1.54, 1.807) is 19.2 Å². The summed E-state index contributed by atoms with van der Waals surface area (Å²) in [6.45, 7) is 0. The van der Waals surface area contributed by atoms with E-state index in [2.05, 4.69) is 0 Å². The Balaban J connectivity index is 0.000000550. The highest BCUT2D eigenvalue weighted by Crippen LogP contribution is 2.32. The third kappa shape index (κ3) is 6.87. The first-order valence-corrected chi connectivity index (χ1v) is 8.39. The van der Waals surface area contributed by atoms with Crippen molar-refractivity contribution in [2.45, 2.75) is 10.6 Å². The first-order chi connectivity index (χ1) is 11.8. The lowest BCUT2D eigenvalue weighted by atomic mass is 10.2. The standard InChI is InChI=1S/C14H13ClF2N2S.C2H6N2O/c1-19(18)13-4-2-3-11(16)10(13)8-20-14-7-9(15)5-6-12(14)17;1-4(3)2-5/h2-7H,8,18H2,1H3;2H,3H2,1H3. The van der Waals surface area contributed by atoms with Crippen LogP contribution in [-0.2, 0) is 10.5 Å². The predicted octanol–water partition coefficient (Wildman–Crippen LogP) is 3.17. The third-order valence-corrected chi connectivity index (χ3v) is 4.20. The summed E-state index contributed by atoms with van der Waals surface area (Å²) in [7, 11) is 3.09. The molecule has 0 aliphatic heterocycles. The van der Waals surface area contributed by atoms with Gasteiger partial charge in [-0.05, 0) is 30.3 Å². The summed E-state index contributed by atoms with van der Waals surface area (Å²) < 4.78 is 27.5. The summed E-state index contributed by atoms with van der Waals surface area (Å²) in [5.74, 6) is 9.95. The van der Waals surface area contributed by atoms with Gasteiger partial charge >= 0.3 is 0 Å². The fourth-order valence-electron chi connectivity index (χ4n) is 1.76. The highest BCUT2D eigenvalue weighted by Gasteiger charge is 2.12. The van der Waals surface area contributed by atoms with Crippen molar-refractivity contribution in [1.29, 1.82) is 0 Å². The van der Waals surface area contributed by atoms with Crippen molar-refractivity contribution >= 4 is 35.5 Å². The van der Waals surface area contributed by atoms with Gasteiger partial charge in [-0.2, -0.15) is 0 Å². The van der Waals surface area contributed by atoms with Crippen molar-refractivity contribution in [3.8, 4) is 0 Å². The SMILES string of the molecule is CN(N)C=O.CN(N)c1cccc(F)c1CSc1cc(Cl)ccc1F. The number of anilines is 1. The van der Waals surface area contributed by atoms with E-state index < -0.39 is 0 Å². The Bertz CT molecular complexity index is 717. The molecule has 0 aliphatic rings. The van der Waals surface area contributed by atoms with E-state index in [4.69, 9.17) is 23.3 Å². The van der Waals surface area contributed by atoms with Gasteiger partial charge in [-0.15, -0.1) is 11.8 Å². The molecule has 1 amide bonds. The van der Waals surface area contributed by atoms with Crippen LogP contribution in [0.4, 0.5) is 14.5 Å². The van der Waals surface area contributed by atoms with Crippen LogP contribution in [0.5, 0.6) is 0 Å². The molecule has 2 aromatic rings. The van der Waals surface area contributed by atoms with Crippen molar-refractivity contribution in [2.24, 2.45) is 11.7 Å². The number of nitrogens with two attached hydrogens (primary N) is 2. The Hall–Kier alpha value is -1.87. The molecule has 0 fully saturated rings. The number of hydrogen-bond donors (Lipinski definition) is 2. The van der Waals surface area contributed by atoms with Crippen LogP contribution in [-0.4, -0.2) is 25.5 Å². The Morgan fingerprint density at radius 3 is 2.36 bits per heavy atom. The second-order valence-electron chi connectivity index (χ2n) is 4.98. The van der Waals surface area contributed by atoms with Crippen molar-refractivity contribution in [1.82, 2.24) is 5.01 Å². The quantitative estimate of drug-likeness (QED) is 0.270. The number of nitrogens with zero attached hydrogens (tertiary/aromatic N) is 2. The van der Waals surface area contributed by atoms with Crippen LogP contribution in [0.15, 0.2) is 41.3 Å². The number of rotatable bonds is 5. The minimum atomic E-state index is -0.376. The molecular formula is C16H19ClF2N4OS. The fraction of sp³-hybridized carbons (Fsp3) is 0.188.